The molecule has 82 valence electrons. The van der Waals surface area contributed by atoms with Gasteiger partial charge in [-0.3, -0.25) is 0 Å². The highest BCUT2D eigenvalue weighted by molar-refractivity contribution is 5.33. The van der Waals surface area contributed by atoms with Gasteiger partial charge in [-0.2, -0.15) is 0 Å². The van der Waals surface area contributed by atoms with Crippen molar-refractivity contribution >= 4 is 0 Å². The van der Waals surface area contributed by atoms with Crippen molar-refractivity contribution in [2.45, 2.75) is 46.0 Å². The van der Waals surface area contributed by atoms with Gasteiger partial charge in [0.2, 0.25) is 0 Å². The second-order valence-corrected chi connectivity index (χ2v) is 4.94. The Morgan fingerprint density at radius 2 is 2.20 bits per heavy atom. The molecule has 0 unspecified atom stereocenters. The van der Waals surface area contributed by atoms with Crippen molar-refractivity contribution in [3.63, 3.8) is 0 Å². The summed E-state index contributed by atoms with van der Waals surface area (Å²) >= 11 is 0. The van der Waals surface area contributed by atoms with E-state index in [1.165, 1.54) is 32.1 Å². The standard InChI is InChI=1S/C15H22/c1-3-15-12(2)8-10-14(15)11-9-13-6-4-5-7-13/h6,9-12,15H,3-5,7-8H2,1-2H3/b11-9+/t12-,15-/m1/s1. The molecule has 0 nitrogen and oxygen atoms in total. The van der Waals surface area contributed by atoms with E-state index < -0.39 is 0 Å². The highest BCUT2D eigenvalue weighted by atomic mass is 14.3. The van der Waals surface area contributed by atoms with Gasteiger partial charge >= 0.3 is 0 Å². The number of allylic oxidation sites excluding steroid dienone is 6. The first kappa shape index (κ1) is 10.7. The Balaban J connectivity index is 1.99. The first-order chi connectivity index (χ1) is 7.31. The Morgan fingerprint density at radius 3 is 2.87 bits per heavy atom. The topological polar surface area (TPSA) is 0 Å². The average molecular weight is 202 g/mol. The van der Waals surface area contributed by atoms with Crippen LogP contribution in [-0.2, 0) is 0 Å². The van der Waals surface area contributed by atoms with E-state index in [-0.39, 0.29) is 0 Å². The third kappa shape index (κ3) is 2.42. The van der Waals surface area contributed by atoms with Gasteiger partial charge in [-0.15, -0.1) is 0 Å². The summed E-state index contributed by atoms with van der Waals surface area (Å²) in [6.45, 7) is 4.68. The van der Waals surface area contributed by atoms with Crippen LogP contribution in [0.5, 0.6) is 0 Å². The molecular weight excluding hydrogens is 180 g/mol. The average Bonchev–Trinajstić information content (AvgIpc) is 2.84. The van der Waals surface area contributed by atoms with Gasteiger partial charge in [0.15, 0.2) is 0 Å². The van der Waals surface area contributed by atoms with E-state index in [4.69, 9.17) is 0 Å². The predicted octanol–water partition coefficient (Wildman–Crippen LogP) is 4.65. The van der Waals surface area contributed by atoms with Crippen molar-refractivity contribution in [2.24, 2.45) is 11.8 Å². The summed E-state index contributed by atoms with van der Waals surface area (Å²) < 4.78 is 0. The first-order valence-corrected chi connectivity index (χ1v) is 6.38. The maximum atomic E-state index is 2.44. The fraction of sp³-hybridized carbons (Fsp3) is 0.600. The van der Waals surface area contributed by atoms with Crippen LogP contribution in [0.1, 0.15) is 46.0 Å². The third-order valence-electron chi connectivity index (χ3n) is 3.85. The lowest BCUT2D eigenvalue weighted by molar-refractivity contribution is 0.439. The molecule has 0 fully saturated rings. The second kappa shape index (κ2) is 4.83. The number of rotatable bonds is 3. The zero-order chi connectivity index (χ0) is 10.7. The van der Waals surface area contributed by atoms with Crippen molar-refractivity contribution in [1.82, 2.24) is 0 Å². The normalized spacial score (nSPS) is 31.1. The highest BCUT2D eigenvalue weighted by Crippen LogP contribution is 2.35. The fourth-order valence-electron chi connectivity index (χ4n) is 2.85. The summed E-state index contributed by atoms with van der Waals surface area (Å²) in [5, 5.41) is 0. The lowest BCUT2D eigenvalue weighted by atomic mass is 9.90. The van der Waals surface area contributed by atoms with E-state index in [2.05, 4.69) is 38.2 Å². The zero-order valence-corrected chi connectivity index (χ0v) is 10.00. The molecular formula is C15H22. The van der Waals surface area contributed by atoms with Crippen LogP contribution in [0.25, 0.3) is 0 Å². The molecule has 15 heavy (non-hydrogen) atoms. The van der Waals surface area contributed by atoms with Crippen LogP contribution in [0.3, 0.4) is 0 Å². The van der Waals surface area contributed by atoms with E-state index in [1.54, 1.807) is 11.1 Å². The van der Waals surface area contributed by atoms with E-state index in [0.29, 0.717) is 0 Å². The van der Waals surface area contributed by atoms with Crippen LogP contribution in [0.15, 0.2) is 35.5 Å². The summed E-state index contributed by atoms with van der Waals surface area (Å²) in [7, 11) is 0. The van der Waals surface area contributed by atoms with Gasteiger partial charge in [0.05, 0.1) is 0 Å². The molecule has 0 saturated carbocycles. The van der Waals surface area contributed by atoms with Crippen molar-refractivity contribution in [2.75, 3.05) is 0 Å². The second-order valence-electron chi connectivity index (χ2n) is 4.94. The minimum absolute atomic E-state index is 0.809. The number of hydrogen-bond donors (Lipinski definition) is 0. The summed E-state index contributed by atoms with van der Waals surface area (Å²) in [6, 6.07) is 0. The minimum Gasteiger partial charge on any atom is -0.0813 e. The van der Waals surface area contributed by atoms with E-state index in [1.807, 2.05) is 0 Å². The summed E-state index contributed by atoms with van der Waals surface area (Å²) in [5.74, 6) is 1.66. The fourth-order valence-corrected chi connectivity index (χ4v) is 2.85. The quantitative estimate of drug-likeness (QED) is 0.625. The largest absolute Gasteiger partial charge is 0.0813 e. The van der Waals surface area contributed by atoms with E-state index >= 15 is 0 Å². The molecule has 2 rings (SSSR count). The molecule has 0 radical (unpaired) electrons. The third-order valence-corrected chi connectivity index (χ3v) is 3.85. The van der Waals surface area contributed by atoms with Crippen LogP contribution in [0.2, 0.25) is 0 Å². The van der Waals surface area contributed by atoms with E-state index in [9.17, 15) is 0 Å². The molecule has 0 amide bonds. The molecule has 0 aromatic heterocycles. The van der Waals surface area contributed by atoms with Gasteiger partial charge in [0.1, 0.15) is 0 Å². The predicted molar refractivity (Wildman–Crippen MR) is 66.7 cm³/mol. The number of hydrogen-bond acceptors (Lipinski definition) is 0. The van der Waals surface area contributed by atoms with Gasteiger partial charge in [0, 0.05) is 0 Å². The summed E-state index contributed by atoms with van der Waals surface area (Å²) in [5.41, 5.74) is 3.13. The molecule has 0 bridgehead atoms. The zero-order valence-electron chi connectivity index (χ0n) is 10.00. The minimum atomic E-state index is 0.809. The van der Waals surface area contributed by atoms with Crippen molar-refractivity contribution in [1.29, 1.82) is 0 Å². The van der Waals surface area contributed by atoms with Crippen LogP contribution < -0.4 is 0 Å². The van der Waals surface area contributed by atoms with Gasteiger partial charge < -0.3 is 0 Å². The monoisotopic (exact) mass is 202 g/mol. The smallest absolute Gasteiger partial charge is 0.0139 e. The SMILES string of the molecule is CC[C@H]1C(/C=C/C2=CCCC2)=CC[C@H]1C. The summed E-state index contributed by atoms with van der Waals surface area (Å²) in [6.07, 6.45) is 16.0. The van der Waals surface area contributed by atoms with Gasteiger partial charge in [-0.25, -0.2) is 0 Å². The van der Waals surface area contributed by atoms with Crippen LogP contribution in [-0.4, -0.2) is 0 Å². The highest BCUT2D eigenvalue weighted by Gasteiger charge is 2.22. The molecule has 2 aliphatic carbocycles. The van der Waals surface area contributed by atoms with Crippen LogP contribution >= 0.6 is 0 Å². The molecule has 2 aliphatic rings. The van der Waals surface area contributed by atoms with Crippen LogP contribution in [0, 0.1) is 11.8 Å². The van der Waals surface area contributed by atoms with Gasteiger partial charge in [-0.05, 0) is 49.5 Å². The first-order valence-electron chi connectivity index (χ1n) is 6.38. The Kier molecular flexibility index (Phi) is 3.45. The Hall–Kier alpha value is -0.780. The van der Waals surface area contributed by atoms with Crippen molar-refractivity contribution in [3.8, 4) is 0 Å². The Morgan fingerprint density at radius 1 is 1.33 bits per heavy atom. The van der Waals surface area contributed by atoms with Gasteiger partial charge in [0.25, 0.3) is 0 Å². The lowest BCUT2D eigenvalue weighted by Crippen LogP contribution is -2.05. The molecule has 0 heteroatoms. The lowest BCUT2D eigenvalue weighted by Gasteiger charge is -2.15. The van der Waals surface area contributed by atoms with E-state index in [0.717, 1.165) is 11.8 Å². The molecule has 2 atom stereocenters. The summed E-state index contributed by atoms with van der Waals surface area (Å²) in [4.78, 5) is 0. The Labute approximate surface area is 93.8 Å². The molecule has 0 N–H and O–H groups in total. The molecule has 0 heterocycles. The Bertz CT molecular complexity index is 304. The maximum absolute atomic E-state index is 2.44. The molecule has 0 saturated heterocycles. The van der Waals surface area contributed by atoms with Crippen molar-refractivity contribution < 1.29 is 0 Å². The molecule has 0 spiro atoms. The molecule has 0 aromatic carbocycles. The molecule has 0 aromatic rings. The van der Waals surface area contributed by atoms with Crippen LogP contribution in [0.4, 0.5) is 0 Å². The maximum Gasteiger partial charge on any atom is -0.0139 e. The molecule has 0 aliphatic heterocycles. The van der Waals surface area contributed by atoms with Crippen molar-refractivity contribution in [3.05, 3.63) is 35.5 Å². The van der Waals surface area contributed by atoms with Gasteiger partial charge in [-0.1, -0.05) is 43.7 Å².